The second-order valence-corrected chi connectivity index (χ2v) is 2.14. The van der Waals surface area contributed by atoms with Crippen molar-refractivity contribution in [2.24, 2.45) is 5.84 Å². The second kappa shape index (κ2) is 6.37. The third kappa shape index (κ3) is 3.73. The predicted octanol–water partition coefficient (Wildman–Crippen LogP) is 1.05. The first-order valence-corrected chi connectivity index (χ1v) is 3.76. The number of rotatable bonds is 4. The van der Waals surface area contributed by atoms with Crippen LogP contribution in [-0.2, 0) is 4.79 Å². The zero-order valence-electron chi connectivity index (χ0n) is 7.21. The zero-order chi connectivity index (χ0) is 9.40. The van der Waals surface area contributed by atoms with Gasteiger partial charge in [0.05, 0.1) is 0 Å². The minimum Gasteiger partial charge on any atom is -0.290 e. The van der Waals surface area contributed by atoms with Gasteiger partial charge in [-0.1, -0.05) is 31.7 Å². The molecule has 0 aliphatic carbocycles. The van der Waals surface area contributed by atoms with E-state index < -0.39 is 0 Å². The molecule has 3 N–H and O–H groups in total. The van der Waals surface area contributed by atoms with Crippen LogP contribution in [0.2, 0.25) is 0 Å². The van der Waals surface area contributed by atoms with E-state index in [1.54, 1.807) is 24.3 Å². The molecule has 0 saturated carbocycles. The highest BCUT2D eigenvalue weighted by Crippen LogP contribution is 1.98. The van der Waals surface area contributed by atoms with Crippen molar-refractivity contribution in [2.75, 3.05) is 0 Å². The fourth-order valence-corrected chi connectivity index (χ4v) is 0.711. The first kappa shape index (κ1) is 10.7. The lowest BCUT2D eigenvalue weighted by atomic mass is 10.2. The van der Waals surface area contributed by atoms with Crippen LogP contribution >= 0.6 is 0 Å². The van der Waals surface area contributed by atoms with Crippen molar-refractivity contribution in [3.63, 3.8) is 0 Å². The standard InChI is InChI=1S/C9H14N2O/c1-3-5-7-8(6-4-2)9(12)11-10/h3,5-7H,1,4,10H2,2H3,(H,11,12)/b7-5-,8-6+. The Morgan fingerprint density at radius 1 is 1.67 bits per heavy atom. The van der Waals surface area contributed by atoms with Crippen molar-refractivity contribution >= 4 is 5.91 Å². The van der Waals surface area contributed by atoms with Crippen molar-refractivity contribution in [2.45, 2.75) is 13.3 Å². The van der Waals surface area contributed by atoms with Gasteiger partial charge >= 0.3 is 0 Å². The highest BCUT2D eigenvalue weighted by atomic mass is 16.2. The van der Waals surface area contributed by atoms with E-state index in [0.29, 0.717) is 5.57 Å². The smallest absolute Gasteiger partial charge is 0.264 e. The molecule has 0 aromatic heterocycles. The van der Waals surface area contributed by atoms with Gasteiger partial charge in [0.2, 0.25) is 0 Å². The molecule has 0 aliphatic heterocycles. The van der Waals surface area contributed by atoms with Gasteiger partial charge in [0, 0.05) is 5.57 Å². The monoisotopic (exact) mass is 166 g/mol. The number of allylic oxidation sites excluding steroid dienone is 3. The largest absolute Gasteiger partial charge is 0.290 e. The molecule has 0 aliphatic rings. The third-order valence-corrected chi connectivity index (χ3v) is 1.23. The van der Waals surface area contributed by atoms with Crippen molar-refractivity contribution < 1.29 is 4.79 Å². The number of hydrogen-bond acceptors (Lipinski definition) is 2. The Labute approximate surface area is 72.6 Å². The van der Waals surface area contributed by atoms with Crippen molar-refractivity contribution in [1.29, 1.82) is 0 Å². The quantitative estimate of drug-likeness (QED) is 0.216. The fourth-order valence-electron chi connectivity index (χ4n) is 0.711. The second-order valence-electron chi connectivity index (χ2n) is 2.14. The molecule has 3 nitrogen and oxygen atoms in total. The third-order valence-electron chi connectivity index (χ3n) is 1.23. The maximum Gasteiger partial charge on any atom is 0.264 e. The van der Waals surface area contributed by atoms with Crippen LogP contribution < -0.4 is 11.3 Å². The zero-order valence-corrected chi connectivity index (χ0v) is 7.21. The molecule has 66 valence electrons. The Bertz CT molecular complexity index is 217. The SMILES string of the molecule is C=C/C=C\C(=C/CC)C(=O)NN. The van der Waals surface area contributed by atoms with Gasteiger partial charge in [-0.3, -0.25) is 10.2 Å². The van der Waals surface area contributed by atoms with Gasteiger partial charge < -0.3 is 0 Å². The van der Waals surface area contributed by atoms with Gasteiger partial charge in [-0.15, -0.1) is 0 Å². The predicted molar refractivity (Wildman–Crippen MR) is 50.0 cm³/mol. The van der Waals surface area contributed by atoms with Crippen LogP contribution in [0.1, 0.15) is 13.3 Å². The first-order valence-electron chi connectivity index (χ1n) is 3.76. The Hall–Kier alpha value is -1.35. The summed E-state index contributed by atoms with van der Waals surface area (Å²) in [4.78, 5) is 11.0. The molecule has 1 amide bonds. The van der Waals surface area contributed by atoms with Crippen molar-refractivity contribution in [3.8, 4) is 0 Å². The fraction of sp³-hybridized carbons (Fsp3) is 0.222. The molecule has 3 heteroatoms. The normalized spacial score (nSPS) is 11.7. The highest BCUT2D eigenvalue weighted by molar-refractivity contribution is 5.95. The first-order chi connectivity index (χ1) is 5.76. The number of carbonyl (C=O) groups excluding carboxylic acids is 1. The minimum absolute atomic E-state index is 0.282. The molecule has 0 aromatic carbocycles. The number of hydrazine groups is 1. The summed E-state index contributed by atoms with van der Waals surface area (Å²) in [5, 5.41) is 0. The van der Waals surface area contributed by atoms with Gasteiger partial charge in [0.25, 0.3) is 5.91 Å². The number of hydrogen-bond donors (Lipinski definition) is 2. The average Bonchev–Trinajstić information content (AvgIpc) is 2.11. The van der Waals surface area contributed by atoms with Gasteiger partial charge in [0.15, 0.2) is 0 Å². The van der Waals surface area contributed by atoms with E-state index in [2.05, 4.69) is 12.0 Å². The lowest BCUT2D eigenvalue weighted by Crippen LogP contribution is -2.30. The number of nitrogens with two attached hydrogens (primary N) is 1. The molecule has 12 heavy (non-hydrogen) atoms. The molecule has 0 aromatic rings. The molecule has 0 spiro atoms. The minimum atomic E-state index is -0.282. The van der Waals surface area contributed by atoms with E-state index >= 15 is 0 Å². The summed E-state index contributed by atoms with van der Waals surface area (Å²) in [5.74, 6) is 4.69. The Morgan fingerprint density at radius 2 is 2.33 bits per heavy atom. The van der Waals surface area contributed by atoms with E-state index in [0.717, 1.165) is 6.42 Å². The lowest BCUT2D eigenvalue weighted by molar-refractivity contribution is -0.117. The molecule has 0 bridgehead atoms. The Morgan fingerprint density at radius 3 is 2.75 bits per heavy atom. The molecular formula is C9H14N2O. The molecule has 0 rings (SSSR count). The number of carbonyl (C=O) groups is 1. The average molecular weight is 166 g/mol. The molecule has 0 unspecified atom stereocenters. The van der Waals surface area contributed by atoms with Gasteiger partial charge in [-0.05, 0) is 12.5 Å². The summed E-state index contributed by atoms with van der Waals surface area (Å²) < 4.78 is 0. The number of nitrogens with one attached hydrogen (secondary N) is 1. The van der Waals surface area contributed by atoms with Crippen LogP contribution in [0.5, 0.6) is 0 Å². The van der Waals surface area contributed by atoms with Gasteiger partial charge in [-0.25, -0.2) is 5.84 Å². The topological polar surface area (TPSA) is 55.1 Å². The summed E-state index contributed by atoms with van der Waals surface area (Å²) in [6.07, 6.45) is 7.55. The molecule has 0 fully saturated rings. The van der Waals surface area contributed by atoms with Crippen LogP contribution in [0.3, 0.4) is 0 Å². The maximum absolute atomic E-state index is 11.0. The van der Waals surface area contributed by atoms with E-state index in [1.165, 1.54) is 0 Å². The van der Waals surface area contributed by atoms with Crippen LogP contribution in [0.15, 0.2) is 36.5 Å². The van der Waals surface area contributed by atoms with Crippen LogP contribution in [0, 0.1) is 0 Å². The summed E-state index contributed by atoms with van der Waals surface area (Å²) in [6.45, 7) is 5.45. The van der Waals surface area contributed by atoms with Crippen LogP contribution in [0.25, 0.3) is 0 Å². The van der Waals surface area contributed by atoms with E-state index in [1.807, 2.05) is 6.92 Å². The van der Waals surface area contributed by atoms with E-state index in [9.17, 15) is 4.79 Å². The number of amides is 1. The maximum atomic E-state index is 11.0. The van der Waals surface area contributed by atoms with E-state index in [4.69, 9.17) is 5.84 Å². The van der Waals surface area contributed by atoms with Crippen molar-refractivity contribution in [1.82, 2.24) is 5.43 Å². The van der Waals surface area contributed by atoms with Crippen LogP contribution in [0.4, 0.5) is 0 Å². The summed E-state index contributed by atoms with van der Waals surface area (Å²) in [5.41, 5.74) is 2.62. The molecule has 0 radical (unpaired) electrons. The highest BCUT2D eigenvalue weighted by Gasteiger charge is 2.00. The molecule has 0 saturated heterocycles. The van der Waals surface area contributed by atoms with Crippen molar-refractivity contribution in [3.05, 3.63) is 36.5 Å². The summed E-state index contributed by atoms with van der Waals surface area (Å²) in [6, 6.07) is 0. The Balaban J connectivity index is 4.44. The molecule has 0 heterocycles. The van der Waals surface area contributed by atoms with Crippen LogP contribution in [-0.4, -0.2) is 5.91 Å². The van der Waals surface area contributed by atoms with Gasteiger partial charge in [-0.2, -0.15) is 0 Å². The molecule has 0 atom stereocenters. The lowest BCUT2D eigenvalue weighted by Gasteiger charge is -1.98. The summed E-state index contributed by atoms with van der Waals surface area (Å²) >= 11 is 0. The summed E-state index contributed by atoms with van der Waals surface area (Å²) in [7, 11) is 0. The Kier molecular flexibility index (Phi) is 5.65. The van der Waals surface area contributed by atoms with Gasteiger partial charge in [0.1, 0.15) is 0 Å². The van der Waals surface area contributed by atoms with E-state index in [-0.39, 0.29) is 5.91 Å². The molecular weight excluding hydrogens is 152 g/mol.